The van der Waals surface area contributed by atoms with Gasteiger partial charge in [-0.25, -0.2) is 17.6 Å². The van der Waals surface area contributed by atoms with Gasteiger partial charge >= 0.3 is 0 Å². The minimum atomic E-state index is -1.56. The van der Waals surface area contributed by atoms with Crippen LogP contribution in [0.1, 0.15) is 44.1 Å². The van der Waals surface area contributed by atoms with E-state index in [4.69, 9.17) is 9.47 Å². The van der Waals surface area contributed by atoms with E-state index in [1.807, 2.05) is 0 Å². The summed E-state index contributed by atoms with van der Waals surface area (Å²) >= 11 is 0. The minimum Gasteiger partial charge on any atom is -0.352 e. The van der Waals surface area contributed by atoms with Crippen LogP contribution < -0.4 is 0 Å². The Kier molecular flexibility index (Phi) is 6.08. The summed E-state index contributed by atoms with van der Waals surface area (Å²) in [6.45, 7) is 1.54. The Balaban J connectivity index is 1.23. The van der Waals surface area contributed by atoms with Gasteiger partial charge in [-0.05, 0) is 66.5 Å². The third kappa shape index (κ3) is 4.62. The average molecular weight is 446 g/mol. The molecule has 1 atom stereocenters. The molecule has 0 aromatic heterocycles. The maximum Gasteiger partial charge on any atom is 0.194 e. The standard InChI is InChI=1S/C26H26F4O2/c27-22-10-19(7-8-21(22)20-11-23(28)25(30)24(29)12-20)17-3-5-18(6-4-17)26-31-13-16(14-32-26)9-15-1-2-15/h3,7-8,10-12,15-16,18,26H,1-2,4-6,9,13-14H2. The highest BCUT2D eigenvalue weighted by Gasteiger charge is 2.33. The molecule has 32 heavy (non-hydrogen) atoms. The van der Waals surface area contributed by atoms with Crippen LogP contribution in [0.4, 0.5) is 17.6 Å². The van der Waals surface area contributed by atoms with E-state index in [0.717, 1.165) is 61.7 Å². The third-order valence-corrected chi connectivity index (χ3v) is 6.83. The molecule has 3 aliphatic rings. The fourth-order valence-electron chi connectivity index (χ4n) is 4.82. The fourth-order valence-corrected chi connectivity index (χ4v) is 4.82. The van der Waals surface area contributed by atoms with Gasteiger partial charge in [0.1, 0.15) is 5.82 Å². The van der Waals surface area contributed by atoms with Crippen molar-refractivity contribution in [3.8, 4) is 11.1 Å². The van der Waals surface area contributed by atoms with E-state index < -0.39 is 23.3 Å². The molecule has 2 nitrogen and oxygen atoms in total. The lowest BCUT2D eigenvalue weighted by Gasteiger charge is -2.35. The molecule has 0 spiro atoms. The molecule has 0 bridgehead atoms. The Morgan fingerprint density at radius 1 is 0.781 bits per heavy atom. The number of ether oxygens (including phenoxy) is 2. The van der Waals surface area contributed by atoms with Crippen molar-refractivity contribution in [3.05, 3.63) is 65.2 Å². The first kappa shape index (κ1) is 21.7. The minimum absolute atomic E-state index is 0.0327. The Morgan fingerprint density at radius 3 is 2.06 bits per heavy atom. The van der Waals surface area contributed by atoms with Crippen molar-refractivity contribution < 1.29 is 27.0 Å². The maximum atomic E-state index is 14.7. The number of halogens is 4. The molecule has 1 saturated heterocycles. The van der Waals surface area contributed by atoms with E-state index in [0.29, 0.717) is 5.92 Å². The zero-order valence-electron chi connectivity index (χ0n) is 17.8. The van der Waals surface area contributed by atoms with Crippen molar-refractivity contribution in [1.29, 1.82) is 0 Å². The molecule has 2 fully saturated rings. The highest BCUT2D eigenvalue weighted by Crippen LogP contribution is 2.39. The van der Waals surface area contributed by atoms with E-state index in [1.165, 1.54) is 31.4 Å². The van der Waals surface area contributed by atoms with Crippen LogP contribution in [-0.2, 0) is 9.47 Å². The van der Waals surface area contributed by atoms with Crippen molar-refractivity contribution in [2.45, 2.75) is 44.8 Å². The van der Waals surface area contributed by atoms with Gasteiger partial charge in [-0.1, -0.05) is 31.1 Å². The Labute approximate surface area is 185 Å². The van der Waals surface area contributed by atoms with Crippen molar-refractivity contribution in [3.63, 3.8) is 0 Å². The number of hydrogen-bond donors (Lipinski definition) is 0. The molecule has 5 rings (SSSR count). The topological polar surface area (TPSA) is 18.5 Å². The van der Waals surface area contributed by atoms with Crippen LogP contribution in [0.5, 0.6) is 0 Å². The zero-order chi connectivity index (χ0) is 22.2. The fraction of sp³-hybridized carbons (Fsp3) is 0.462. The average Bonchev–Trinajstić information content (AvgIpc) is 3.62. The van der Waals surface area contributed by atoms with E-state index in [1.54, 1.807) is 6.07 Å². The first-order valence-corrected chi connectivity index (χ1v) is 11.3. The first-order valence-electron chi connectivity index (χ1n) is 11.3. The summed E-state index contributed by atoms with van der Waals surface area (Å²) in [4.78, 5) is 0. The van der Waals surface area contributed by atoms with Gasteiger partial charge in [-0.15, -0.1) is 0 Å². The molecular weight excluding hydrogens is 420 g/mol. The summed E-state index contributed by atoms with van der Waals surface area (Å²) in [6.07, 6.45) is 8.28. The van der Waals surface area contributed by atoms with Gasteiger partial charge in [-0.3, -0.25) is 0 Å². The van der Waals surface area contributed by atoms with Gasteiger partial charge in [0, 0.05) is 17.4 Å². The number of allylic oxidation sites excluding steroid dienone is 2. The largest absolute Gasteiger partial charge is 0.352 e. The molecule has 2 aliphatic carbocycles. The highest BCUT2D eigenvalue weighted by atomic mass is 19.2. The molecule has 2 aromatic rings. The van der Waals surface area contributed by atoms with Crippen molar-refractivity contribution >= 4 is 5.57 Å². The lowest BCUT2D eigenvalue weighted by Crippen LogP contribution is -2.37. The predicted molar refractivity (Wildman–Crippen MR) is 114 cm³/mol. The summed E-state index contributed by atoms with van der Waals surface area (Å²) in [5.74, 6) is -3.16. The van der Waals surface area contributed by atoms with Crippen LogP contribution in [-0.4, -0.2) is 19.5 Å². The smallest absolute Gasteiger partial charge is 0.194 e. The zero-order valence-corrected chi connectivity index (χ0v) is 17.8. The Morgan fingerprint density at radius 2 is 1.47 bits per heavy atom. The van der Waals surface area contributed by atoms with Gasteiger partial charge in [-0.2, -0.15) is 0 Å². The van der Waals surface area contributed by atoms with Crippen LogP contribution in [0.2, 0.25) is 0 Å². The van der Waals surface area contributed by atoms with Crippen LogP contribution in [0.25, 0.3) is 16.7 Å². The van der Waals surface area contributed by atoms with Crippen molar-refractivity contribution in [1.82, 2.24) is 0 Å². The van der Waals surface area contributed by atoms with Crippen LogP contribution >= 0.6 is 0 Å². The molecule has 0 N–H and O–H groups in total. The van der Waals surface area contributed by atoms with Crippen LogP contribution in [0.15, 0.2) is 36.4 Å². The second-order valence-corrected chi connectivity index (χ2v) is 9.29. The normalized spacial score (nSPS) is 26.1. The molecule has 1 aliphatic heterocycles. The Bertz CT molecular complexity index is 999. The van der Waals surface area contributed by atoms with Crippen molar-refractivity contribution in [2.75, 3.05) is 13.2 Å². The number of rotatable bonds is 5. The lowest BCUT2D eigenvalue weighted by atomic mass is 9.85. The van der Waals surface area contributed by atoms with E-state index in [-0.39, 0.29) is 23.3 Å². The predicted octanol–water partition coefficient (Wildman–Crippen LogP) is 6.88. The van der Waals surface area contributed by atoms with E-state index >= 15 is 0 Å². The first-order chi connectivity index (χ1) is 15.5. The molecule has 6 heteroatoms. The van der Waals surface area contributed by atoms with Crippen LogP contribution in [0.3, 0.4) is 0 Å². The van der Waals surface area contributed by atoms with Crippen LogP contribution in [0, 0.1) is 41.0 Å². The lowest BCUT2D eigenvalue weighted by molar-refractivity contribution is -0.226. The summed E-state index contributed by atoms with van der Waals surface area (Å²) < 4.78 is 67.0. The molecule has 0 amide bonds. The Hall–Kier alpha value is -2.18. The second-order valence-electron chi connectivity index (χ2n) is 9.29. The molecule has 1 saturated carbocycles. The highest BCUT2D eigenvalue weighted by molar-refractivity contribution is 5.71. The molecule has 0 radical (unpaired) electrons. The third-order valence-electron chi connectivity index (χ3n) is 6.83. The SMILES string of the molecule is Fc1cc(C2=CCC(C3OCC(CC4CC4)CO3)CC2)ccc1-c1cc(F)c(F)c(F)c1. The second kappa shape index (κ2) is 8.99. The molecule has 170 valence electrons. The molecule has 2 aromatic carbocycles. The monoisotopic (exact) mass is 446 g/mol. The van der Waals surface area contributed by atoms with Gasteiger partial charge in [0.15, 0.2) is 23.7 Å². The number of hydrogen-bond acceptors (Lipinski definition) is 2. The van der Waals surface area contributed by atoms with Gasteiger partial charge in [0.05, 0.1) is 13.2 Å². The van der Waals surface area contributed by atoms with Gasteiger partial charge < -0.3 is 9.47 Å². The summed E-state index contributed by atoms with van der Waals surface area (Å²) in [5.41, 5.74) is 1.77. The van der Waals surface area contributed by atoms with Gasteiger partial charge in [0.25, 0.3) is 0 Å². The summed E-state index contributed by atoms with van der Waals surface area (Å²) in [6, 6.07) is 6.20. The maximum absolute atomic E-state index is 14.7. The van der Waals surface area contributed by atoms with E-state index in [9.17, 15) is 17.6 Å². The van der Waals surface area contributed by atoms with Crippen molar-refractivity contribution in [2.24, 2.45) is 17.8 Å². The molecular formula is C26H26F4O2. The quantitative estimate of drug-likeness (QED) is 0.368. The molecule has 1 unspecified atom stereocenters. The van der Waals surface area contributed by atoms with Gasteiger partial charge in [0.2, 0.25) is 0 Å². The number of benzene rings is 2. The van der Waals surface area contributed by atoms with E-state index in [2.05, 4.69) is 6.08 Å². The summed E-state index contributed by atoms with van der Waals surface area (Å²) in [5, 5.41) is 0. The summed E-state index contributed by atoms with van der Waals surface area (Å²) in [7, 11) is 0. The molecule has 1 heterocycles.